The predicted octanol–water partition coefficient (Wildman–Crippen LogP) is 2.82. The van der Waals surface area contributed by atoms with Gasteiger partial charge in [0, 0.05) is 18.2 Å². The molecule has 1 aromatic rings. The monoisotopic (exact) mass is 239 g/mol. The van der Waals surface area contributed by atoms with Gasteiger partial charge in [-0.15, -0.1) is 0 Å². The van der Waals surface area contributed by atoms with E-state index >= 15 is 0 Å². The van der Waals surface area contributed by atoms with Crippen LogP contribution in [0, 0.1) is 0 Å². The van der Waals surface area contributed by atoms with E-state index in [1.165, 1.54) is 12.0 Å². The number of hydrogen-bond acceptors (Lipinski definition) is 2. The van der Waals surface area contributed by atoms with Crippen molar-refractivity contribution in [1.82, 2.24) is 5.32 Å². The SMILES string of the molecule is COCC1CC(c2ccc(Cl)cc2)CCN1. The Hall–Kier alpha value is -0.570. The van der Waals surface area contributed by atoms with Crippen molar-refractivity contribution in [2.24, 2.45) is 0 Å². The van der Waals surface area contributed by atoms with E-state index in [2.05, 4.69) is 17.4 Å². The lowest BCUT2D eigenvalue weighted by Crippen LogP contribution is -2.40. The van der Waals surface area contributed by atoms with Crippen molar-refractivity contribution in [3.63, 3.8) is 0 Å². The van der Waals surface area contributed by atoms with Crippen LogP contribution in [-0.4, -0.2) is 26.3 Å². The highest BCUT2D eigenvalue weighted by Gasteiger charge is 2.22. The quantitative estimate of drug-likeness (QED) is 0.876. The average molecular weight is 240 g/mol. The molecule has 2 nitrogen and oxygen atoms in total. The van der Waals surface area contributed by atoms with Crippen LogP contribution >= 0.6 is 11.6 Å². The van der Waals surface area contributed by atoms with Gasteiger partial charge in [0.2, 0.25) is 0 Å². The summed E-state index contributed by atoms with van der Waals surface area (Å²) in [6.45, 7) is 1.87. The Morgan fingerprint density at radius 1 is 1.38 bits per heavy atom. The summed E-state index contributed by atoms with van der Waals surface area (Å²) in [7, 11) is 1.76. The number of benzene rings is 1. The maximum atomic E-state index is 5.90. The van der Waals surface area contributed by atoms with E-state index in [0.717, 1.165) is 24.6 Å². The minimum absolute atomic E-state index is 0.486. The molecule has 0 amide bonds. The first-order valence-corrected chi connectivity index (χ1v) is 6.15. The zero-order valence-electron chi connectivity index (χ0n) is 9.58. The van der Waals surface area contributed by atoms with Gasteiger partial charge in [-0.3, -0.25) is 0 Å². The van der Waals surface area contributed by atoms with E-state index in [1.807, 2.05) is 12.1 Å². The van der Waals surface area contributed by atoms with Gasteiger partial charge in [0.05, 0.1) is 6.61 Å². The first-order chi connectivity index (χ1) is 7.79. The summed E-state index contributed by atoms with van der Waals surface area (Å²) in [6, 6.07) is 8.72. The largest absolute Gasteiger partial charge is 0.383 e. The normalized spacial score (nSPS) is 25.6. The number of rotatable bonds is 3. The third kappa shape index (κ3) is 2.97. The van der Waals surface area contributed by atoms with Crippen molar-refractivity contribution in [2.45, 2.75) is 24.8 Å². The molecule has 0 saturated carbocycles. The number of piperidine rings is 1. The summed E-state index contributed by atoms with van der Waals surface area (Å²) in [5.74, 6) is 0.638. The van der Waals surface area contributed by atoms with Crippen molar-refractivity contribution in [1.29, 1.82) is 0 Å². The Kier molecular flexibility index (Phi) is 4.22. The van der Waals surface area contributed by atoms with Gasteiger partial charge in [-0.1, -0.05) is 23.7 Å². The van der Waals surface area contributed by atoms with Crippen LogP contribution in [0.25, 0.3) is 0 Å². The standard InChI is InChI=1S/C13H18ClNO/c1-16-9-13-8-11(6-7-15-13)10-2-4-12(14)5-3-10/h2-5,11,13,15H,6-9H2,1H3. The molecule has 0 radical (unpaired) electrons. The second-order valence-electron chi connectivity index (χ2n) is 4.38. The minimum atomic E-state index is 0.486. The summed E-state index contributed by atoms with van der Waals surface area (Å²) in [5.41, 5.74) is 1.40. The summed E-state index contributed by atoms with van der Waals surface area (Å²) in [4.78, 5) is 0. The molecule has 1 aromatic carbocycles. The fourth-order valence-corrected chi connectivity index (χ4v) is 2.50. The summed E-state index contributed by atoms with van der Waals surface area (Å²) in [6.07, 6.45) is 2.34. The first-order valence-electron chi connectivity index (χ1n) is 5.77. The molecule has 2 unspecified atom stereocenters. The molecule has 1 N–H and O–H groups in total. The molecule has 0 aliphatic carbocycles. The van der Waals surface area contributed by atoms with Gasteiger partial charge in [0.15, 0.2) is 0 Å². The van der Waals surface area contributed by atoms with Crippen LogP contribution < -0.4 is 5.32 Å². The highest BCUT2D eigenvalue weighted by Crippen LogP contribution is 2.28. The topological polar surface area (TPSA) is 21.3 Å². The van der Waals surface area contributed by atoms with Crippen molar-refractivity contribution in [3.8, 4) is 0 Å². The van der Waals surface area contributed by atoms with Crippen LogP contribution in [0.4, 0.5) is 0 Å². The highest BCUT2D eigenvalue weighted by molar-refractivity contribution is 6.30. The van der Waals surface area contributed by atoms with Gasteiger partial charge in [-0.2, -0.15) is 0 Å². The Labute approximate surface area is 102 Å². The van der Waals surface area contributed by atoms with Gasteiger partial charge in [-0.25, -0.2) is 0 Å². The maximum absolute atomic E-state index is 5.90. The van der Waals surface area contributed by atoms with Crippen molar-refractivity contribution in [3.05, 3.63) is 34.9 Å². The van der Waals surface area contributed by atoms with Crippen LogP contribution in [0.15, 0.2) is 24.3 Å². The molecule has 2 atom stereocenters. The zero-order chi connectivity index (χ0) is 11.4. The van der Waals surface area contributed by atoms with Crippen LogP contribution in [0.1, 0.15) is 24.3 Å². The lowest BCUT2D eigenvalue weighted by molar-refractivity contribution is 0.149. The van der Waals surface area contributed by atoms with E-state index in [1.54, 1.807) is 7.11 Å². The smallest absolute Gasteiger partial charge is 0.0616 e. The highest BCUT2D eigenvalue weighted by atomic mass is 35.5. The number of hydrogen-bond donors (Lipinski definition) is 1. The Balaban J connectivity index is 2.01. The van der Waals surface area contributed by atoms with Crippen LogP contribution in [0.2, 0.25) is 5.02 Å². The number of nitrogens with one attached hydrogen (secondary N) is 1. The van der Waals surface area contributed by atoms with Crippen LogP contribution in [-0.2, 0) is 4.74 Å². The van der Waals surface area contributed by atoms with Crippen molar-refractivity contribution >= 4 is 11.6 Å². The molecule has 1 aliphatic heterocycles. The van der Waals surface area contributed by atoms with Gasteiger partial charge in [0.25, 0.3) is 0 Å². The molecule has 0 spiro atoms. The van der Waals surface area contributed by atoms with E-state index in [9.17, 15) is 0 Å². The van der Waals surface area contributed by atoms with E-state index in [4.69, 9.17) is 16.3 Å². The summed E-state index contributed by atoms with van der Waals surface area (Å²) < 4.78 is 5.20. The zero-order valence-corrected chi connectivity index (χ0v) is 10.3. The van der Waals surface area contributed by atoms with Crippen LogP contribution in [0.3, 0.4) is 0 Å². The van der Waals surface area contributed by atoms with Gasteiger partial charge in [-0.05, 0) is 43.0 Å². The Morgan fingerprint density at radius 2 is 2.12 bits per heavy atom. The molecule has 1 fully saturated rings. The van der Waals surface area contributed by atoms with E-state index in [0.29, 0.717) is 12.0 Å². The summed E-state index contributed by atoms with van der Waals surface area (Å²) >= 11 is 5.90. The lowest BCUT2D eigenvalue weighted by atomic mass is 9.87. The van der Waals surface area contributed by atoms with Crippen molar-refractivity contribution < 1.29 is 4.74 Å². The molecule has 16 heavy (non-hydrogen) atoms. The molecule has 3 heteroatoms. The lowest BCUT2D eigenvalue weighted by Gasteiger charge is -2.30. The number of methoxy groups -OCH3 is 1. The van der Waals surface area contributed by atoms with Crippen LogP contribution in [0.5, 0.6) is 0 Å². The third-order valence-electron chi connectivity index (χ3n) is 3.20. The molecular weight excluding hydrogens is 222 g/mol. The van der Waals surface area contributed by atoms with Gasteiger partial charge < -0.3 is 10.1 Å². The second kappa shape index (κ2) is 5.67. The average Bonchev–Trinajstić information content (AvgIpc) is 2.31. The van der Waals surface area contributed by atoms with Crippen molar-refractivity contribution in [2.75, 3.05) is 20.3 Å². The molecule has 1 saturated heterocycles. The minimum Gasteiger partial charge on any atom is -0.383 e. The van der Waals surface area contributed by atoms with E-state index < -0.39 is 0 Å². The summed E-state index contributed by atoms with van der Waals surface area (Å²) in [5, 5.41) is 4.29. The maximum Gasteiger partial charge on any atom is 0.0616 e. The molecule has 0 aromatic heterocycles. The van der Waals surface area contributed by atoms with Gasteiger partial charge >= 0.3 is 0 Å². The van der Waals surface area contributed by atoms with E-state index in [-0.39, 0.29) is 0 Å². The fraction of sp³-hybridized carbons (Fsp3) is 0.538. The molecular formula is C13H18ClNO. The fourth-order valence-electron chi connectivity index (χ4n) is 2.37. The molecule has 1 aliphatic rings. The Bertz CT molecular complexity index is 323. The molecule has 2 rings (SSSR count). The Morgan fingerprint density at radius 3 is 2.81 bits per heavy atom. The molecule has 0 bridgehead atoms. The number of halogens is 1. The van der Waals surface area contributed by atoms with Gasteiger partial charge in [0.1, 0.15) is 0 Å². The molecule has 1 heterocycles. The molecule has 88 valence electrons. The predicted molar refractivity (Wildman–Crippen MR) is 67.1 cm³/mol. The first kappa shape index (κ1) is 11.9. The third-order valence-corrected chi connectivity index (χ3v) is 3.46. The number of ether oxygens (including phenoxy) is 1. The second-order valence-corrected chi connectivity index (χ2v) is 4.82.